The molecule has 0 radical (unpaired) electrons. The zero-order valence-electron chi connectivity index (χ0n) is 33.8. The van der Waals surface area contributed by atoms with E-state index in [1.807, 2.05) is 25.7 Å². The van der Waals surface area contributed by atoms with Crippen LogP contribution in [0, 0.1) is 51.2 Å². The Morgan fingerprint density at radius 1 is 1.00 bits per heavy atom. The van der Waals surface area contributed by atoms with Crippen LogP contribution in [0.4, 0.5) is 4.79 Å². The van der Waals surface area contributed by atoms with Crippen LogP contribution in [0.3, 0.4) is 0 Å². The molecule has 0 aromatic carbocycles. The standard InChI is InChI=1S/C42H71N3O7/c1-25-18-27(34(46)38(7,8)48)50-28-19-42(43)30-11-10-29-37(5,6)31(12-13-40(29)24-41(30,40)15-14-39(42,9)33(25)28)51-32-23-44(16-17-49-32)20-26-21-45(22-26)35(47)52-36(2,3)4/h25-34,46,48H,10-24,43H2,1-9H3/t25-,27-,28-,29+,30-,31+,32+,33?,34+,39-,40-,41+,42-/m1/s1. The number of likely N-dealkylation sites (tertiary alicyclic amines) is 1. The van der Waals surface area contributed by atoms with Gasteiger partial charge in [-0.25, -0.2) is 4.79 Å². The first-order chi connectivity index (χ1) is 24.1. The van der Waals surface area contributed by atoms with Crippen molar-refractivity contribution in [3.05, 3.63) is 0 Å². The maximum absolute atomic E-state index is 12.4. The van der Waals surface area contributed by atoms with E-state index in [-0.39, 0.29) is 47.1 Å². The highest BCUT2D eigenvalue weighted by molar-refractivity contribution is 5.69. The van der Waals surface area contributed by atoms with Gasteiger partial charge in [-0.15, -0.1) is 0 Å². The van der Waals surface area contributed by atoms with E-state index in [9.17, 15) is 15.0 Å². The number of hydrogen-bond acceptors (Lipinski definition) is 9. The van der Waals surface area contributed by atoms with Gasteiger partial charge in [0, 0.05) is 44.2 Å². The van der Waals surface area contributed by atoms with E-state index in [0.29, 0.717) is 47.0 Å². The first-order valence-corrected chi connectivity index (χ1v) is 21.0. The molecule has 8 rings (SSSR count). The lowest BCUT2D eigenvalue weighted by atomic mass is 9.44. The number of nitrogens with two attached hydrogens (primary N) is 1. The number of morpholine rings is 1. The number of nitrogens with zero attached hydrogens (tertiary/aromatic N) is 2. The van der Waals surface area contributed by atoms with Crippen LogP contribution in [0.25, 0.3) is 0 Å². The first kappa shape index (κ1) is 37.9. The van der Waals surface area contributed by atoms with Crippen LogP contribution in [0.1, 0.15) is 120 Å². The zero-order valence-corrected chi connectivity index (χ0v) is 33.8. The van der Waals surface area contributed by atoms with Crippen molar-refractivity contribution in [2.75, 3.05) is 39.3 Å². The predicted octanol–water partition coefficient (Wildman–Crippen LogP) is 5.56. The fourth-order valence-corrected chi connectivity index (χ4v) is 14.5. The third-order valence-corrected chi connectivity index (χ3v) is 16.8. The number of carbonyl (C=O) groups is 1. The lowest BCUT2D eigenvalue weighted by Gasteiger charge is -2.63. The van der Waals surface area contributed by atoms with Gasteiger partial charge in [0.05, 0.1) is 30.5 Å². The van der Waals surface area contributed by atoms with E-state index in [2.05, 4.69) is 32.6 Å². The molecule has 2 spiro atoms. The highest BCUT2D eigenvalue weighted by Gasteiger charge is 2.83. The zero-order chi connectivity index (χ0) is 37.4. The normalized spacial score (nSPS) is 48.0. The second-order valence-electron chi connectivity index (χ2n) is 21.7. The molecule has 0 bridgehead atoms. The van der Waals surface area contributed by atoms with E-state index in [0.717, 1.165) is 58.4 Å². The maximum Gasteiger partial charge on any atom is 0.410 e. The SMILES string of the molecule is C[C@@H]1C[C@H]([C@H](O)C(C)(C)O)O[C@@H]2C[C@@]3(N)[C@@H]4CC[C@H]5C(C)(C)[C@@H](O[C@H]6CN(CC7CN(C(=O)OC(C)(C)C)C7)CCO6)CC[C@@]56C[C@@]46CC[C@]3(C)C12. The van der Waals surface area contributed by atoms with Crippen molar-refractivity contribution < 1.29 is 34.0 Å². The lowest BCUT2D eigenvalue weighted by molar-refractivity contribution is -0.246. The molecule has 13 atom stereocenters. The van der Waals surface area contributed by atoms with Gasteiger partial charge in [-0.1, -0.05) is 27.7 Å². The van der Waals surface area contributed by atoms with Crippen LogP contribution in [0.15, 0.2) is 0 Å². The van der Waals surface area contributed by atoms with Crippen molar-refractivity contribution in [2.45, 2.75) is 168 Å². The Balaban J connectivity index is 0.909. The molecular formula is C42H71N3O7. The minimum Gasteiger partial charge on any atom is -0.444 e. The summed E-state index contributed by atoms with van der Waals surface area (Å²) >= 11 is 0. The van der Waals surface area contributed by atoms with Gasteiger partial charge in [-0.05, 0) is 138 Å². The third kappa shape index (κ3) is 5.68. The van der Waals surface area contributed by atoms with Crippen LogP contribution in [-0.2, 0) is 18.9 Å². The number of carbonyl (C=O) groups excluding carboxylic acids is 1. The van der Waals surface area contributed by atoms with Crippen molar-refractivity contribution >= 4 is 6.09 Å². The number of fused-ring (bicyclic) bond motifs is 4. The molecule has 0 aromatic rings. The summed E-state index contributed by atoms with van der Waals surface area (Å²) in [5.41, 5.74) is 6.65. The van der Waals surface area contributed by atoms with E-state index < -0.39 is 17.3 Å². The van der Waals surface area contributed by atoms with Crippen LogP contribution in [-0.4, -0.2) is 113 Å². The summed E-state index contributed by atoms with van der Waals surface area (Å²) in [4.78, 5) is 16.7. The molecule has 4 N–H and O–H groups in total. The van der Waals surface area contributed by atoms with E-state index >= 15 is 0 Å². The summed E-state index contributed by atoms with van der Waals surface area (Å²) in [5.74, 6) is 2.34. The average Bonchev–Trinajstić information content (AvgIpc) is 3.61. The largest absolute Gasteiger partial charge is 0.444 e. The summed E-state index contributed by atoms with van der Waals surface area (Å²) in [6.07, 6.45) is 8.54. The van der Waals surface area contributed by atoms with Crippen molar-refractivity contribution in [3.63, 3.8) is 0 Å². The van der Waals surface area contributed by atoms with Crippen LogP contribution < -0.4 is 5.73 Å². The molecule has 1 amide bonds. The number of ether oxygens (including phenoxy) is 4. The molecule has 52 heavy (non-hydrogen) atoms. The topological polar surface area (TPSA) is 127 Å². The van der Waals surface area contributed by atoms with Gasteiger partial charge in [-0.2, -0.15) is 0 Å². The number of hydrogen-bond donors (Lipinski definition) is 3. The number of aliphatic hydroxyl groups excluding tert-OH is 1. The highest BCUT2D eigenvalue weighted by atomic mass is 16.7. The fourth-order valence-electron chi connectivity index (χ4n) is 14.5. The molecule has 296 valence electrons. The minimum atomic E-state index is -1.20. The molecule has 1 unspecified atom stereocenters. The van der Waals surface area contributed by atoms with Gasteiger partial charge in [0.15, 0.2) is 6.29 Å². The van der Waals surface area contributed by atoms with Crippen LogP contribution in [0.2, 0.25) is 0 Å². The Labute approximate surface area is 313 Å². The second kappa shape index (κ2) is 12.2. The average molecular weight is 730 g/mol. The predicted molar refractivity (Wildman–Crippen MR) is 198 cm³/mol. The molecule has 10 heteroatoms. The van der Waals surface area contributed by atoms with Crippen LogP contribution >= 0.6 is 0 Å². The lowest BCUT2D eigenvalue weighted by Crippen LogP contribution is -2.66. The Bertz CT molecular complexity index is 1390. The van der Waals surface area contributed by atoms with Gasteiger partial charge in [0.1, 0.15) is 11.7 Å². The summed E-state index contributed by atoms with van der Waals surface area (Å²) in [7, 11) is 0. The van der Waals surface area contributed by atoms with Gasteiger partial charge in [-0.3, -0.25) is 4.90 Å². The molecule has 8 aliphatic rings. The van der Waals surface area contributed by atoms with Gasteiger partial charge in [0.25, 0.3) is 0 Å². The smallest absolute Gasteiger partial charge is 0.410 e. The highest BCUT2D eigenvalue weighted by Crippen LogP contribution is 2.87. The first-order valence-electron chi connectivity index (χ1n) is 21.0. The quantitative estimate of drug-likeness (QED) is 0.322. The fraction of sp³-hybridized carbons (Fsp3) is 0.976. The van der Waals surface area contributed by atoms with Crippen molar-refractivity contribution in [2.24, 2.45) is 57.0 Å². The van der Waals surface area contributed by atoms with E-state index in [1.54, 1.807) is 13.8 Å². The van der Waals surface area contributed by atoms with Crippen molar-refractivity contribution in [1.29, 1.82) is 0 Å². The van der Waals surface area contributed by atoms with Gasteiger partial charge < -0.3 is 39.8 Å². The summed E-state index contributed by atoms with van der Waals surface area (Å²) in [5, 5.41) is 21.7. The molecular weight excluding hydrogens is 658 g/mol. The molecule has 10 nitrogen and oxygen atoms in total. The van der Waals surface area contributed by atoms with Crippen LogP contribution in [0.5, 0.6) is 0 Å². The Hall–Kier alpha value is -1.01. The molecule has 3 saturated heterocycles. The van der Waals surface area contributed by atoms with Crippen molar-refractivity contribution in [1.82, 2.24) is 9.80 Å². The van der Waals surface area contributed by atoms with Gasteiger partial charge >= 0.3 is 6.09 Å². The number of rotatable bonds is 6. The summed E-state index contributed by atoms with van der Waals surface area (Å²) < 4.78 is 25.6. The molecule has 5 saturated carbocycles. The second-order valence-corrected chi connectivity index (χ2v) is 21.7. The Morgan fingerprint density at radius 2 is 1.69 bits per heavy atom. The maximum atomic E-state index is 12.4. The molecule has 8 fully saturated rings. The van der Waals surface area contributed by atoms with Gasteiger partial charge in [0.2, 0.25) is 0 Å². The Morgan fingerprint density at radius 3 is 2.38 bits per heavy atom. The minimum absolute atomic E-state index is 0.0157. The third-order valence-electron chi connectivity index (χ3n) is 16.8. The monoisotopic (exact) mass is 730 g/mol. The molecule has 3 aliphatic heterocycles. The number of aliphatic hydroxyl groups is 2. The molecule has 3 heterocycles. The summed E-state index contributed by atoms with van der Waals surface area (Å²) in [6, 6.07) is 0. The van der Waals surface area contributed by atoms with Crippen molar-refractivity contribution in [3.8, 4) is 0 Å². The summed E-state index contributed by atoms with van der Waals surface area (Å²) in [6.45, 7) is 23.7. The molecule has 5 aliphatic carbocycles. The molecule has 0 aromatic heterocycles. The number of amides is 1. The Kier molecular flexibility index (Phi) is 8.92. The van der Waals surface area contributed by atoms with E-state index in [1.165, 1.54) is 32.1 Å². The van der Waals surface area contributed by atoms with E-state index in [4.69, 9.17) is 24.7 Å².